The Kier molecular flexibility index (Phi) is 5.76. The molecule has 0 fully saturated rings. The lowest BCUT2D eigenvalue weighted by atomic mass is 9.77. The molecule has 0 aliphatic heterocycles. The van der Waals surface area contributed by atoms with Crippen molar-refractivity contribution in [3.63, 3.8) is 0 Å². The van der Waals surface area contributed by atoms with Crippen LogP contribution in [0.15, 0.2) is 86.5 Å². The minimum atomic E-state index is -0.484. The monoisotopic (exact) mass is 476 g/mol. The van der Waals surface area contributed by atoms with Gasteiger partial charge in [0.1, 0.15) is 11.3 Å². The second-order valence-electron chi connectivity index (χ2n) is 9.09. The van der Waals surface area contributed by atoms with Crippen LogP contribution in [0.2, 0.25) is 0 Å². The first kappa shape index (κ1) is 21.4. The molecule has 0 bridgehead atoms. The van der Waals surface area contributed by atoms with Gasteiger partial charge in [-0.25, -0.2) is 4.79 Å². The quantitative estimate of drug-likeness (QED) is 0.310. The van der Waals surface area contributed by atoms with Gasteiger partial charge in [-0.2, -0.15) is 0 Å². The van der Waals surface area contributed by atoms with Crippen molar-refractivity contribution in [2.24, 2.45) is 5.41 Å². The third-order valence-corrected chi connectivity index (χ3v) is 6.00. The molecule has 1 unspecified atom stereocenters. The Morgan fingerprint density at radius 2 is 1.48 bits per heavy atom. The summed E-state index contributed by atoms with van der Waals surface area (Å²) in [5, 5.41) is 11.6. The second kappa shape index (κ2) is 8.35. The molecule has 0 aliphatic rings. The van der Waals surface area contributed by atoms with Crippen molar-refractivity contribution in [3.8, 4) is 16.9 Å². The average molecular weight is 477 g/mol. The summed E-state index contributed by atoms with van der Waals surface area (Å²) in [6.45, 7) is 6.40. The lowest BCUT2D eigenvalue weighted by molar-refractivity contribution is 0.347. The van der Waals surface area contributed by atoms with Crippen LogP contribution in [0, 0.1) is 5.41 Å². The highest BCUT2D eigenvalue weighted by atomic mass is 79.9. The predicted octanol–water partition coefficient (Wildman–Crippen LogP) is 7.50. The van der Waals surface area contributed by atoms with Crippen LogP contribution >= 0.6 is 15.9 Å². The molecule has 1 N–H and O–H groups in total. The maximum atomic E-state index is 12.9. The van der Waals surface area contributed by atoms with Crippen LogP contribution in [0.5, 0.6) is 5.75 Å². The Morgan fingerprint density at radius 3 is 2.10 bits per heavy atom. The van der Waals surface area contributed by atoms with Gasteiger partial charge in [-0.3, -0.25) is 0 Å². The largest absolute Gasteiger partial charge is 0.507 e. The Morgan fingerprint density at radius 1 is 0.903 bits per heavy atom. The number of hydrogen-bond donors (Lipinski definition) is 1. The van der Waals surface area contributed by atoms with Crippen LogP contribution in [0.25, 0.3) is 22.1 Å². The molecule has 4 heteroatoms. The molecule has 4 aromatic rings. The molecule has 0 amide bonds. The van der Waals surface area contributed by atoms with E-state index >= 15 is 0 Å². The summed E-state index contributed by atoms with van der Waals surface area (Å²) >= 11 is 3.47. The first-order valence-corrected chi connectivity index (χ1v) is 11.1. The van der Waals surface area contributed by atoms with E-state index in [1.165, 1.54) is 0 Å². The molecular formula is C27H25BrO3. The topological polar surface area (TPSA) is 50.4 Å². The third-order valence-electron chi connectivity index (χ3n) is 5.48. The molecule has 158 valence electrons. The Bertz CT molecular complexity index is 1260. The van der Waals surface area contributed by atoms with Gasteiger partial charge in [-0.15, -0.1) is 0 Å². The molecule has 0 spiro atoms. The molecule has 3 nitrogen and oxygen atoms in total. The van der Waals surface area contributed by atoms with E-state index in [9.17, 15) is 9.90 Å². The fourth-order valence-corrected chi connectivity index (χ4v) is 4.27. The number of halogens is 1. The number of hydrogen-bond acceptors (Lipinski definition) is 3. The van der Waals surface area contributed by atoms with Gasteiger partial charge in [0.2, 0.25) is 0 Å². The SMILES string of the molecule is CC(C)(C)CC(c1ccc(-c2ccc(Br)cc2)cc1)c1c(O)c2ccccc2oc1=O. The van der Waals surface area contributed by atoms with E-state index in [4.69, 9.17) is 4.42 Å². The zero-order chi connectivity index (χ0) is 22.2. The molecule has 1 heterocycles. The van der Waals surface area contributed by atoms with Crippen LogP contribution in [0.1, 0.15) is 44.2 Å². The van der Waals surface area contributed by atoms with Crippen LogP contribution in [-0.4, -0.2) is 5.11 Å². The van der Waals surface area contributed by atoms with Crippen LogP contribution < -0.4 is 5.63 Å². The van der Waals surface area contributed by atoms with Crippen molar-refractivity contribution in [2.75, 3.05) is 0 Å². The minimum Gasteiger partial charge on any atom is -0.507 e. The van der Waals surface area contributed by atoms with E-state index in [2.05, 4.69) is 61.0 Å². The summed E-state index contributed by atoms with van der Waals surface area (Å²) in [5.41, 5.74) is 3.38. The van der Waals surface area contributed by atoms with Gasteiger partial charge in [0.15, 0.2) is 0 Å². The van der Waals surface area contributed by atoms with Gasteiger partial charge in [-0.1, -0.05) is 85.2 Å². The highest BCUT2D eigenvalue weighted by Crippen LogP contribution is 2.41. The van der Waals surface area contributed by atoms with E-state index in [0.717, 1.165) is 21.2 Å². The van der Waals surface area contributed by atoms with Crippen LogP contribution in [-0.2, 0) is 0 Å². The van der Waals surface area contributed by atoms with E-state index < -0.39 is 5.63 Å². The van der Waals surface area contributed by atoms with E-state index in [0.29, 0.717) is 23.0 Å². The molecule has 31 heavy (non-hydrogen) atoms. The highest BCUT2D eigenvalue weighted by molar-refractivity contribution is 9.10. The summed E-state index contributed by atoms with van der Waals surface area (Å²) in [5.74, 6) is -0.266. The van der Waals surface area contributed by atoms with Gasteiger partial charge >= 0.3 is 5.63 Å². The first-order chi connectivity index (χ1) is 14.7. The lowest BCUT2D eigenvalue weighted by Crippen LogP contribution is -2.19. The number of fused-ring (bicyclic) bond motifs is 1. The van der Waals surface area contributed by atoms with Gasteiger partial charge in [0, 0.05) is 10.4 Å². The molecule has 4 rings (SSSR count). The first-order valence-electron chi connectivity index (χ1n) is 10.3. The molecule has 1 aromatic heterocycles. The summed E-state index contributed by atoms with van der Waals surface area (Å²) in [6.07, 6.45) is 0.696. The summed E-state index contributed by atoms with van der Waals surface area (Å²) < 4.78 is 6.61. The van der Waals surface area contributed by atoms with Crippen LogP contribution in [0.3, 0.4) is 0 Å². The van der Waals surface area contributed by atoms with E-state index in [1.807, 2.05) is 30.3 Å². The van der Waals surface area contributed by atoms with E-state index in [-0.39, 0.29) is 17.1 Å². The Hall–Kier alpha value is -2.85. The molecule has 3 aromatic carbocycles. The smallest absolute Gasteiger partial charge is 0.343 e. The molecular weight excluding hydrogens is 452 g/mol. The van der Waals surface area contributed by atoms with Gasteiger partial charge in [-0.05, 0) is 52.8 Å². The fraction of sp³-hybridized carbons (Fsp3) is 0.222. The number of rotatable bonds is 4. The van der Waals surface area contributed by atoms with Crippen molar-refractivity contribution in [3.05, 3.63) is 98.8 Å². The van der Waals surface area contributed by atoms with Crippen molar-refractivity contribution in [1.82, 2.24) is 0 Å². The average Bonchev–Trinajstić information content (AvgIpc) is 2.73. The maximum Gasteiger partial charge on any atom is 0.343 e. The highest BCUT2D eigenvalue weighted by Gasteiger charge is 2.28. The standard InChI is InChI=1S/C27H25BrO3/c1-27(2,3)16-22(24-25(29)21-6-4-5-7-23(21)31-26(24)30)19-10-8-17(9-11-19)18-12-14-20(28)15-13-18/h4-15,22,29H,16H2,1-3H3. The number of para-hydroxylation sites is 1. The third kappa shape index (κ3) is 4.59. The Labute approximate surface area is 190 Å². The fourth-order valence-electron chi connectivity index (χ4n) is 4.00. The normalized spacial score (nSPS) is 12.8. The van der Waals surface area contributed by atoms with Crippen molar-refractivity contribution in [1.29, 1.82) is 0 Å². The summed E-state index contributed by atoms with van der Waals surface area (Å²) in [4.78, 5) is 12.9. The zero-order valence-electron chi connectivity index (χ0n) is 17.9. The minimum absolute atomic E-state index is 0.0121. The van der Waals surface area contributed by atoms with Gasteiger partial charge in [0.05, 0.1) is 10.9 Å². The second-order valence-corrected chi connectivity index (χ2v) is 10.0. The summed E-state index contributed by atoms with van der Waals surface area (Å²) in [6, 6.07) is 23.5. The molecule has 1 atom stereocenters. The lowest BCUT2D eigenvalue weighted by Gasteiger charge is -2.27. The summed E-state index contributed by atoms with van der Waals surface area (Å²) in [7, 11) is 0. The maximum absolute atomic E-state index is 12.9. The van der Waals surface area contributed by atoms with Gasteiger partial charge in [0.25, 0.3) is 0 Å². The molecule has 0 aliphatic carbocycles. The predicted molar refractivity (Wildman–Crippen MR) is 130 cm³/mol. The van der Waals surface area contributed by atoms with Gasteiger partial charge < -0.3 is 9.52 Å². The molecule has 0 saturated heterocycles. The van der Waals surface area contributed by atoms with Crippen molar-refractivity contribution in [2.45, 2.75) is 33.1 Å². The molecule has 0 saturated carbocycles. The Balaban J connectivity index is 1.82. The van der Waals surface area contributed by atoms with Crippen molar-refractivity contribution >= 4 is 26.9 Å². The van der Waals surface area contributed by atoms with Crippen LogP contribution in [0.4, 0.5) is 0 Å². The van der Waals surface area contributed by atoms with Crippen molar-refractivity contribution < 1.29 is 9.52 Å². The van der Waals surface area contributed by atoms with E-state index in [1.54, 1.807) is 18.2 Å². The molecule has 0 radical (unpaired) electrons. The number of benzene rings is 3. The number of aromatic hydroxyl groups is 1. The zero-order valence-corrected chi connectivity index (χ0v) is 19.4.